The third-order valence-electron chi connectivity index (χ3n) is 3.98. The Kier molecular flexibility index (Phi) is 4.63. The normalized spacial score (nSPS) is 19.0. The first-order valence-corrected chi connectivity index (χ1v) is 10.2. The Balaban J connectivity index is 1.83. The molecule has 7 nitrogen and oxygen atoms in total. The fraction of sp³-hybridized carbons (Fsp3) is 0.176. The minimum Gasteiger partial charge on any atom is -0.375 e. The summed E-state index contributed by atoms with van der Waals surface area (Å²) in [5.74, 6) is -1.10. The van der Waals surface area contributed by atoms with Crippen molar-refractivity contribution in [1.82, 2.24) is 0 Å². The zero-order valence-electron chi connectivity index (χ0n) is 13.6. The molecule has 3 N–H and O–H groups in total. The molecule has 2 aromatic rings. The van der Waals surface area contributed by atoms with Gasteiger partial charge in [0.25, 0.3) is 5.91 Å². The molecule has 1 atom stereocenters. The first-order chi connectivity index (χ1) is 12.1. The molecule has 0 bridgehead atoms. The van der Waals surface area contributed by atoms with E-state index in [0.29, 0.717) is 16.9 Å². The van der Waals surface area contributed by atoms with Crippen molar-refractivity contribution in [2.24, 2.45) is 0 Å². The van der Waals surface area contributed by atoms with Gasteiger partial charge in [-0.05, 0) is 36.4 Å². The Labute approximate surface area is 158 Å². The zero-order valence-corrected chi connectivity index (χ0v) is 16.0. The number of hydrogen-bond donors (Lipinski definition) is 3. The van der Waals surface area contributed by atoms with Crippen LogP contribution in [0.1, 0.15) is 22.3 Å². The fourth-order valence-corrected chi connectivity index (χ4v) is 3.70. The molecular formula is C17H15BrN2O5S. The molecule has 3 rings (SSSR count). The molecule has 0 radical (unpaired) electrons. The lowest BCUT2D eigenvalue weighted by Gasteiger charge is -2.20. The number of sulfonamides is 1. The number of carbonyl (C=O) groups is 2. The first-order valence-electron chi connectivity index (χ1n) is 7.53. The SMILES string of the molecule is CS(=O)(=O)Nc1ccc(C(=O)CC2(O)C(=O)Nc3cc(Br)ccc32)cc1. The lowest BCUT2D eigenvalue weighted by molar-refractivity contribution is -0.133. The van der Waals surface area contributed by atoms with Gasteiger partial charge >= 0.3 is 0 Å². The van der Waals surface area contributed by atoms with Crippen LogP contribution in [0.2, 0.25) is 0 Å². The van der Waals surface area contributed by atoms with Gasteiger partial charge in [0, 0.05) is 27.0 Å². The Hall–Kier alpha value is -2.23. The quantitative estimate of drug-likeness (QED) is 0.619. The van der Waals surface area contributed by atoms with Crippen molar-refractivity contribution in [3.63, 3.8) is 0 Å². The second-order valence-corrected chi connectivity index (χ2v) is 8.72. The van der Waals surface area contributed by atoms with Crippen LogP contribution in [0, 0.1) is 0 Å². The van der Waals surface area contributed by atoms with Crippen LogP contribution in [-0.4, -0.2) is 31.5 Å². The summed E-state index contributed by atoms with van der Waals surface area (Å²) in [6.07, 6.45) is 0.600. The van der Waals surface area contributed by atoms with Crippen LogP contribution >= 0.6 is 15.9 Å². The monoisotopic (exact) mass is 438 g/mol. The number of carbonyl (C=O) groups excluding carboxylic acids is 2. The van der Waals surface area contributed by atoms with Crippen LogP contribution in [-0.2, 0) is 20.4 Å². The van der Waals surface area contributed by atoms with Crippen LogP contribution in [0.15, 0.2) is 46.9 Å². The topological polar surface area (TPSA) is 113 Å². The van der Waals surface area contributed by atoms with E-state index < -0.39 is 33.7 Å². The van der Waals surface area contributed by atoms with Crippen LogP contribution in [0.5, 0.6) is 0 Å². The zero-order chi connectivity index (χ0) is 19.1. The lowest BCUT2D eigenvalue weighted by atomic mass is 9.88. The lowest BCUT2D eigenvalue weighted by Crippen LogP contribution is -2.36. The van der Waals surface area contributed by atoms with Gasteiger partial charge in [-0.25, -0.2) is 8.42 Å². The van der Waals surface area contributed by atoms with Crippen molar-refractivity contribution < 1.29 is 23.1 Å². The van der Waals surface area contributed by atoms with E-state index in [1.54, 1.807) is 18.2 Å². The minimum atomic E-state index is -3.41. The van der Waals surface area contributed by atoms with E-state index in [1.807, 2.05) is 0 Å². The summed E-state index contributed by atoms with van der Waals surface area (Å²) in [4.78, 5) is 24.8. The number of ketones is 1. The van der Waals surface area contributed by atoms with Gasteiger partial charge < -0.3 is 10.4 Å². The summed E-state index contributed by atoms with van der Waals surface area (Å²) >= 11 is 3.29. The van der Waals surface area contributed by atoms with Gasteiger partial charge in [0.1, 0.15) is 0 Å². The summed E-state index contributed by atoms with van der Waals surface area (Å²) in [6.45, 7) is 0. The van der Waals surface area contributed by atoms with Crippen molar-refractivity contribution >= 4 is 49.0 Å². The number of benzene rings is 2. The average Bonchev–Trinajstić information content (AvgIpc) is 2.76. The largest absolute Gasteiger partial charge is 0.375 e. The van der Waals surface area contributed by atoms with E-state index in [-0.39, 0.29) is 5.56 Å². The molecule has 1 heterocycles. The van der Waals surface area contributed by atoms with Crippen molar-refractivity contribution in [1.29, 1.82) is 0 Å². The van der Waals surface area contributed by atoms with Gasteiger partial charge in [0.05, 0.1) is 12.7 Å². The van der Waals surface area contributed by atoms with Gasteiger partial charge in [-0.2, -0.15) is 0 Å². The molecule has 1 unspecified atom stereocenters. The number of fused-ring (bicyclic) bond motifs is 1. The predicted octanol–water partition coefficient (Wildman–Crippen LogP) is 2.23. The van der Waals surface area contributed by atoms with Gasteiger partial charge in [0.15, 0.2) is 11.4 Å². The van der Waals surface area contributed by atoms with Gasteiger partial charge in [-0.1, -0.05) is 22.0 Å². The molecule has 0 spiro atoms. The Bertz CT molecular complexity index is 1000. The second-order valence-electron chi connectivity index (χ2n) is 6.06. The van der Waals surface area contributed by atoms with E-state index in [1.165, 1.54) is 24.3 Å². The van der Waals surface area contributed by atoms with E-state index in [4.69, 9.17) is 0 Å². The van der Waals surface area contributed by atoms with Crippen LogP contribution in [0.25, 0.3) is 0 Å². The Morgan fingerprint density at radius 2 is 1.88 bits per heavy atom. The van der Waals surface area contributed by atoms with Crippen LogP contribution in [0.4, 0.5) is 11.4 Å². The molecule has 0 saturated heterocycles. The molecular weight excluding hydrogens is 424 g/mol. The van der Waals surface area contributed by atoms with Crippen molar-refractivity contribution in [3.8, 4) is 0 Å². The highest BCUT2D eigenvalue weighted by molar-refractivity contribution is 9.10. The van der Waals surface area contributed by atoms with E-state index in [9.17, 15) is 23.1 Å². The molecule has 2 aromatic carbocycles. The number of hydrogen-bond acceptors (Lipinski definition) is 5. The van der Waals surface area contributed by atoms with E-state index in [0.717, 1.165) is 10.7 Å². The highest BCUT2D eigenvalue weighted by Gasteiger charge is 2.46. The number of aliphatic hydroxyl groups is 1. The number of anilines is 2. The maximum Gasteiger partial charge on any atom is 0.261 e. The summed E-state index contributed by atoms with van der Waals surface area (Å²) in [6, 6.07) is 10.7. The van der Waals surface area contributed by atoms with Crippen LogP contribution in [0.3, 0.4) is 0 Å². The second kappa shape index (κ2) is 6.49. The number of amides is 1. The summed E-state index contributed by atoms with van der Waals surface area (Å²) in [5, 5.41) is 13.4. The standard InChI is InChI=1S/C17H15BrN2O5S/c1-26(24,25)20-12-5-2-10(3-6-12)15(21)9-17(23)13-7-4-11(18)8-14(13)19-16(17)22/h2-8,20,23H,9H2,1H3,(H,19,22). The molecule has 0 fully saturated rings. The first kappa shape index (κ1) is 18.6. The van der Waals surface area contributed by atoms with Crippen molar-refractivity contribution in [2.45, 2.75) is 12.0 Å². The molecule has 136 valence electrons. The maximum absolute atomic E-state index is 12.5. The van der Waals surface area contributed by atoms with Crippen molar-refractivity contribution in [2.75, 3.05) is 16.3 Å². The molecule has 0 aliphatic carbocycles. The summed E-state index contributed by atoms with van der Waals surface area (Å²) in [7, 11) is -3.41. The minimum absolute atomic E-state index is 0.260. The average molecular weight is 439 g/mol. The maximum atomic E-state index is 12.5. The van der Waals surface area contributed by atoms with E-state index >= 15 is 0 Å². The summed E-state index contributed by atoms with van der Waals surface area (Å²) in [5.41, 5.74) is -0.578. The van der Waals surface area contributed by atoms with E-state index in [2.05, 4.69) is 26.0 Å². The molecule has 1 aliphatic heterocycles. The molecule has 0 aromatic heterocycles. The smallest absolute Gasteiger partial charge is 0.261 e. The number of Topliss-reactive ketones (excluding diaryl/α,β-unsaturated/α-hetero) is 1. The molecule has 0 saturated carbocycles. The molecule has 26 heavy (non-hydrogen) atoms. The van der Waals surface area contributed by atoms with Gasteiger partial charge in [-0.3, -0.25) is 14.3 Å². The third-order valence-corrected chi connectivity index (χ3v) is 5.08. The third kappa shape index (κ3) is 3.64. The number of nitrogens with one attached hydrogen (secondary N) is 2. The summed E-state index contributed by atoms with van der Waals surface area (Å²) < 4.78 is 25.5. The van der Waals surface area contributed by atoms with Gasteiger partial charge in [-0.15, -0.1) is 0 Å². The predicted molar refractivity (Wildman–Crippen MR) is 101 cm³/mol. The Morgan fingerprint density at radius 1 is 1.23 bits per heavy atom. The number of rotatable bonds is 5. The number of halogens is 1. The molecule has 9 heteroatoms. The van der Waals surface area contributed by atoms with Gasteiger partial charge in [0.2, 0.25) is 10.0 Å². The fourth-order valence-electron chi connectivity index (χ4n) is 2.78. The van der Waals surface area contributed by atoms with Crippen LogP contribution < -0.4 is 10.0 Å². The molecule has 1 aliphatic rings. The Morgan fingerprint density at radius 3 is 2.50 bits per heavy atom. The molecule has 1 amide bonds. The van der Waals surface area contributed by atoms with Crippen molar-refractivity contribution in [3.05, 3.63) is 58.1 Å². The highest BCUT2D eigenvalue weighted by Crippen LogP contribution is 2.40. The highest BCUT2D eigenvalue weighted by atomic mass is 79.9.